The Morgan fingerprint density at radius 2 is 2.13 bits per heavy atom. The second-order valence-corrected chi connectivity index (χ2v) is 3.43. The van der Waals surface area contributed by atoms with Crippen molar-refractivity contribution in [3.63, 3.8) is 0 Å². The molecular weight excluding hydrogens is 212 g/mol. The van der Waals surface area contributed by atoms with E-state index in [1.807, 2.05) is 24.3 Å². The van der Waals surface area contributed by atoms with E-state index in [1.165, 1.54) is 0 Å². The van der Waals surface area contributed by atoms with Crippen LogP contribution in [-0.4, -0.2) is 10.1 Å². The SMILES string of the molecule is S=c1nc(-c2coc3ccccc23)[nH]o1. The smallest absolute Gasteiger partial charge is 0.314 e. The van der Waals surface area contributed by atoms with E-state index in [0.29, 0.717) is 5.82 Å². The first-order chi connectivity index (χ1) is 7.34. The van der Waals surface area contributed by atoms with Crippen molar-refractivity contribution in [1.29, 1.82) is 0 Å². The Balaban J connectivity index is 2.32. The third-order valence-corrected chi connectivity index (χ3v) is 2.35. The third kappa shape index (κ3) is 1.28. The van der Waals surface area contributed by atoms with Crippen LogP contribution in [0.2, 0.25) is 0 Å². The quantitative estimate of drug-likeness (QED) is 0.637. The lowest BCUT2D eigenvalue weighted by Gasteiger charge is -1.89. The lowest BCUT2D eigenvalue weighted by Crippen LogP contribution is -1.76. The highest BCUT2D eigenvalue weighted by atomic mass is 32.1. The molecule has 3 rings (SSSR count). The maximum atomic E-state index is 5.38. The molecule has 1 N–H and O–H groups in total. The third-order valence-electron chi connectivity index (χ3n) is 2.17. The Kier molecular flexibility index (Phi) is 1.72. The summed E-state index contributed by atoms with van der Waals surface area (Å²) in [7, 11) is 0. The van der Waals surface area contributed by atoms with Crippen molar-refractivity contribution in [3.8, 4) is 11.4 Å². The molecule has 0 amide bonds. The molecule has 74 valence electrons. The molecule has 1 aromatic carbocycles. The number of furan rings is 1. The highest BCUT2D eigenvalue weighted by Gasteiger charge is 2.10. The van der Waals surface area contributed by atoms with E-state index in [9.17, 15) is 0 Å². The summed E-state index contributed by atoms with van der Waals surface area (Å²) in [6.45, 7) is 0. The van der Waals surface area contributed by atoms with Gasteiger partial charge in [-0.05, 0) is 18.3 Å². The summed E-state index contributed by atoms with van der Waals surface area (Å²) in [5.74, 6) is 0.588. The van der Waals surface area contributed by atoms with E-state index in [0.717, 1.165) is 16.5 Å². The summed E-state index contributed by atoms with van der Waals surface area (Å²) < 4.78 is 10.3. The number of para-hydroxylation sites is 1. The molecule has 5 heteroatoms. The van der Waals surface area contributed by atoms with Crippen LogP contribution in [0.15, 0.2) is 39.5 Å². The van der Waals surface area contributed by atoms with Crippen LogP contribution in [0.25, 0.3) is 22.4 Å². The average molecular weight is 218 g/mol. The first-order valence-electron chi connectivity index (χ1n) is 4.37. The molecule has 2 aromatic heterocycles. The van der Waals surface area contributed by atoms with E-state index in [4.69, 9.17) is 21.2 Å². The van der Waals surface area contributed by atoms with Crippen molar-refractivity contribution in [1.82, 2.24) is 10.1 Å². The molecule has 0 spiro atoms. The van der Waals surface area contributed by atoms with Gasteiger partial charge in [-0.3, -0.25) is 0 Å². The first kappa shape index (κ1) is 8.43. The second-order valence-electron chi connectivity index (χ2n) is 3.08. The maximum Gasteiger partial charge on any atom is 0.314 e. The van der Waals surface area contributed by atoms with E-state index >= 15 is 0 Å². The summed E-state index contributed by atoms with van der Waals surface area (Å²) >= 11 is 4.79. The van der Waals surface area contributed by atoms with Gasteiger partial charge in [0.05, 0.1) is 5.56 Å². The highest BCUT2D eigenvalue weighted by molar-refractivity contribution is 7.71. The van der Waals surface area contributed by atoms with Gasteiger partial charge in [0.1, 0.15) is 11.8 Å². The molecule has 0 unspecified atom stereocenters. The molecule has 0 bridgehead atoms. The Morgan fingerprint density at radius 1 is 1.27 bits per heavy atom. The van der Waals surface area contributed by atoms with Gasteiger partial charge in [-0.1, -0.05) is 18.2 Å². The van der Waals surface area contributed by atoms with Crippen LogP contribution in [0.1, 0.15) is 0 Å². The van der Waals surface area contributed by atoms with Crippen LogP contribution in [0.5, 0.6) is 0 Å². The van der Waals surface area contributed by atoms with Crippen molar-refractivity contribution < 1.29 is 8.94 Å². The van der Waals surface area contributed by atoms with Gasteiger partial charge in [0.2, 0.25) is 0 Å². The zero-order valence-corrected chi connectivity index (χ0v) is 8.38. The van der Waals surface area contributed by atoms with Crippen LogP contribution in [-0.2, 0) is 0 Å². The Morgan fingerprint density at radius 3 is 2.93 bits per heavy atom. The fraction of sp³-hybridized carbons (Fsp3) is 0. The predicted octanol–water partition coefficient (Wildman–Crippen LogP) is 3.15. The van der Waals surface area contributed by atoms with Crippen LogP contribution >= 0.6 is 12.2 Å². The van der Waals surface area contributed by atoms with Gasteiger partial charge < -0.3 is 8.94 Å². The highest BCUT2D eigenvalue weighted by Crippen LogP contribution is 2.27. The van der Waals surface area contributed by atoms with Crippen LogP contribution in [0.4, 0.5) is 0 Å². The van der Waals surface area contributed by atoms with Crippen molar-refractivity contribution in [3.05, 3.63) is 35.4 Å². The molecule has 0 aliphatic heterocycles. The zero-order valence-electron chi connectivity index (χ0n) is 7.56. The van der Waals surface area contributed by atoms with Gasteiger partial charge in [0.15, 0.2) is 5.82 Å². The Bertz CT molecular complexity index is 665. The maximum absolute atomic E-state index is 5.38. The number of nitrogens with zero attached hydrogens (tertiary/aromatic N) is 1. The van der Waals surface area contributed by atoms with Gasteiger partial charge in [0.25, 0.3) is 0 Å². The molecule has 0 fully saturated rings. The molecule has 15 heavy (non-hydrogen) atoms. The van der Waals surface area contributed by atoms with E-state index in [2.05, 4.69) is 10.1 Å². The molecule has 2 heterocycles. The van der Waals surface area contributed by atoms with E-state index < -0.39 is 0 Å². The first-order valence-corrected chi connectivity index (χ1v) is 4.77. The van der Waals surface area contributed by atoms with E-state index in [1.54, 1.807) is 6.26 Å². The van der Waals surface area contributed by atoms with Crippen LogP contribution in [0, 0.1) is 4.84 Å². The van der Waals surface area contributed by atoms with Crippen molar-refractivity contribution >= 4 is 23.2 Å². The van der Waals surface area contributed by atoms with Crippen LogP contribution < -0.4 is 0 Å². The fourth-order valence-electron chi connectivity index (χ4n) is 1.51. The zero-order chi connectivity index (χ0) is 10.3. The summed E-state index contributed by atoms with van der Waals surface area (Å²) in [6, 6.07) is 7.71. The molecule has 0 atom stereocenters. The fourth-order valence-corrected chi connectivity index (χ4v) is 1.64. The molecule has 0 saturated heterocycles. The predicted molar refractivity (Wildman–Crippen MR) is 56.9 cm³/mol. The Labute approximate surface area is 89.5 Å². The minimum Gasteiger partial charge on any atom is -0.464 e. The summed E-state index contributed by atoms with van der Waals surface area (Å²) in [6.07, 6.45) is 1.63. The van der Waals surface area contributed by atoms with Gasteiger partial charge >= 0.3 is 4.84 Å². The monoisotopic (exact) mass is 218 g/mol. The minimum atomic E-state index is 0.190. The lowest BCUT2D eigenvalue weighted by atomic mass is 10.2. The number of rotatable bonds is 1. The van der Waals surface area contributed by atoms with Crippen molar-refractivity contribution in [2.75, 3.05) is 0 Å². The van der Waals surface area contributed by atoms with Gasteiger partial charge in [0, 0.05) is 5.39 Å². The molecule has 0 saturated carbocycles. The summed E-state index contributed by atoms with van der Waals surface area (Å²) in [5.41, 5.74) is 1.67. The molecule has 4 nitrogen and oxygen atoms in total. The minimum absolute atomic E-state index is 0.190. The van der Waals surface area contributed by atoms with Gasteiger partial charge in [-0.15, -0.1) is 0 Å². The summed E-state index contributed by atoms with van der Waals surface area (Å²) in [5, 5.41) is 3.63. The summed E-state index contributed by atoms with van der Waals surface area (Å²) in [4.78, 5) is 4.23. The number of benzene rings is 1. The topological polar surface area (TPSA) is 55.0 Å². The number of hydrogen-bond acceptors (Lipinski definition) is 4. The van der Waals surface area contributed by atoms with Crippen molar-refractivity contribution in [2.45, 2.75) is 0 Å². The number of aromatic amines is 1. The molecule has 0 aliphatic rings. The van der Waals surface area contributed by atoms with Crippen LogP contribution in [0.3, 0.4) is 0 Å². The molecule has 3 aromatic rings. The van der Waals surface area contributed by atoms with E-state index in [-0.39, 0.29) is 4.84 Å². The van der Waals surface area contributed by atoms with Gasteiger partial charge in [-0.2, -0.15) is 4.98 Å². The normalized spacial score (nSPS) is 10.9. The van der Waals surface area contributed by atoms with Gasteiger partial charge in [-0.25, -0.2) is 5.16 Å². The second kappa shape index (κ2) is 3.06. The number of H-pyrrole nitrogens is 1. The number of nitrogens with one attached hydrogen (secondary N) is 1. The molecular formula is C10H6N2O2S. The Hall–Kier alpha value is -1.88. The van der Waals surface area contributed by atoms with Crippen molar-refractivity contribution in [2.24, 2.45) is 0 Å². The lowest BCUT2D eigenvalue weighted by molar-refractivity contribution is 0.406. The average Bonchev–Trinajstić information content (AvgIpc) is 2.83. The number of hydrogen-bond donors (Lipinski definition) is 1. The standard InChI is InChI=1S/C10H6N2O2S/c15-10-11-9(12-14-10)7-5-13-8-4-2-1-3-6(7)8/h1-5H,(H,11,12,15). The molecule has 0 radical (unpaired) electrons. The largest absolute Gasteiger partial charge is 0.464 e. The molecule has 0 aliphatic carbocycles. The number of fused-ring (bicyclic) bond motifs is 1. The number of aromatic nitrogens is 2.